The predicted octanol–water partition coefficient (Wildman–Crippen LogP) is 2.12. The van der Waals surface area contributed by atoms with Crippen LogP contribution < -0.4 is 10.2 Å². The molecule has 1 aromatic heterocycles. The SMILES string of the molecule is CCc1ncc(N2CCNCC2)c(-c2ccccc2)n1. The maximum absolute atomic E-state index is 4.76. The van der Waals surface area contributed by atoms with Gasteiger partial charge in [-0.2, -0.15) is 0 Å². The first-order valence-electron chi connectivity index (χ1n) is 7.25. The normalized spacial score (nSPS) is 15.3. The Hall–Kier alpha value is -1.94. The fourth-order valence-electron chi connectivity index (χ4n) is 2.53. The number of nitrogens with zero attached hydrogens (tertiary/aromatic N) is 3. The highest BCUT2D eigenvalue weighted by molar-refractivity contribution is 5.74. The molecule has 0 unspecified atom stereocenters. The summed E-state index contributed by atoms with van der Waals surface area (Å²) < 4.78 is 0. The Morgan fingerprint density at radius 3 is 2.60 bits per heavy atom. The van der Waals surface area contributed by atoms with Crippen molar-refractivity contribution in [3.63, 3.8) is 0 Å². The molecule has 1 saturated heterocycles. The molecule has 1 aromatic carbocycles. The Labute approximate surface area is 119 Å². The van der Waals surface area contributed by atoms with Crippen LogP contribution in [0.15, 0.2) is 36.5 Å². The van der Waals surface area contributed by atoms with Crippen LogP contribution in [-0.2, 0) is 6.42 Å². The van der Waals surface area contributed by atoms with Crippen LogP contribution >= 0.6 is 0 Å². The first kappa shape index (κ1) is 13.1. The molecule has 1 aliphatic rings. The Morgan fingerprint density at radius 1 is 1.15 bits per heavy atom. The lowest BCUT2D eigenvalue weighted by atomic mass is 10.1. The summed E-state index contributed by atoms with van der Waals surface area (Å²) in [5.74, 6) is 0.905. The van der Waals surface area contributed by atoms with E-state index < -0.39 is 0 Å². The molecule has 1 N–H and O–H groups in total. The van der Waals surface area contributed by atoms with Crippen LogP contribution in [0.2, 0.25) is 0 Å². The van der Waals surface area contributed by atoms with Crippen molar-refractivity contribution in [1.29, 1.82) is 0 Å². The van der Waals surface area contributed by atoms with Crippen LogP contribution in [0.5, 0.6) is 0 Å². The zero-order valence-corrected chi connectivity index (χ0v) is 11.8. The van der Waals surface area contributed by atoms with Gasteiger partial charge in [0.1, 0.15) is 5.82 Å². The molecule has 2 heterocycles. The van der Waals surface area contributed by atoms with Gasteiger partial charge in [-0.25, -0.2) is 9.97 Å². The van der Waals surface area contributed by atoms with Gasteiger partial charge in [0, 0.05) is 38.2 Å². The lowest BCUT2D eigenvalue weighted by Gasteiger charge is -2.30. The van der Waals surface area contributed by atoms with Gasteiger partial charge in [0.05, 0.1) is 17.6 Å². The molecule has 2 aromatic rings. The highest BCUT2D eigenvalue weighted by Crippen LogP contribution is 2.28. The summed E-state index contributed by atoms with van der Waals surface area (Å²) in [6.07, 6.45) is 2.85. The largest absolute Gasteiger partial charge is 0.366 e. The third-order valence-electron chi connectivity index (χ3n) is 3.64. The minimum absolute atomic E-state index is 0.863. The van der Waals surface area contributed by atoms with Gasteiger partial charge in [-0.05, 0) is 0 Å². The molecule has 0 bridgehead atoms. The van der Waals surface area contributed by atoms with E-state index in [1.165, 1.54) is 0 Å². The second kappa shape index (κ2) is 6.01. The summed E-state index contributed by atoms with van der Waals surface area (Å²) in [5, 5.41) is 3.38. The predicted molar refractivity (Wildman–Crippen MR) is 81.9 cm³/mol. The number of benzene rings is 1. The molecule has 0 amide bonds. The summed E-state index contributed by atoms with van der Waals surface area (Å²) in [7, 11) is 0. The maximum Gasteiger partial charge on any atom is 0.128 e. The zero-order chi connectivity index (χ0) is 13.8. The zero-order valence-electron chi connectivity index (χ0n) is 11.8. The lowest BCUT2D eigenvalue weighted by Crippen LogP contribution is -2.43. The van der Waals surface area contributed by atoms with Crippen LogP contribution in [-0.4, -0.2) is 36.1 Å². The van der Waals surface area contributed by atoms with Gasteiger partial charge in [-0.3, -0.25) is 0 Å². The molecule has 104 valence electrons. The first-order valence-corrected chi connectivity index (χ1v) is 7.25. The van der Waals surface area contributed by atoms with E-state index in [0.717, 1.165) is 55.4 Å². The van der Waals surface area contributed by atoms with E-state index >= 15 is 0 Å². The molecule has 0 atom stereocenters. The topological polar surface area (TPSA) is 41.1 Å². The van der Waals surface area contributed by atoms with Gasteiger partial charge >= 0.3 is 0 Å². The van der Waals surface area contributed by atoms with E-state index in [-0.39, 0.29) is 0 Å². The van der Waals surface area contributed by atoms with E-state index in [1.54, 1.807) is 0 Å². The van der Waals surface area contributed by atoms with E-state index in [1.807, 2.05) is 12.3 Å². The molecular weight excluding hydrogens is 248 g/mol. The molecule has 4 heteroatoms. The molecule has 1 fully saturated rings. The first-order chi connectivity index (χ1) is 9.88. The van der Waals surface area contributed by atoms with Gasteiger partial charge in [0.15, 0.2) is 0 Å². The third kappa shape index (κ3) is 2.65. The fraction of sp³-hybridized carbons (Fsp3) is 0.375. The molecule has 20 heavy (non-hydrogen) atoms. The molecule has 0 radical (unpaired) electrons. The van der Waals surface area contributed by atoms with E-state index in [9.17, 15) is 0 Å². The monoisotopic (exact) mass is 268 g/mol. The number of hydrogen-bond acceptors (Lipinski definition) is 4. The van der Waals surface area contributed by atoms with Crippen LogP contribution in [0, 0.1) is 0 Å². The Balaban J connectivity index is 2.04. The molecule has 1 aliphatic heterocycles. The van der Waals surface area contributed by atoms with Crippen LogP contribution in [0.25, 0.3) is 11.3 Å². The quantitative estimate of drug-likeness (QED) is 0.925. The van der Waals surface area contributed by atoms with Crippen LogP contribution in [0.1, 0.15) is 12.7 Å². The minimum atomic E-state index is 0.863. The summed E-state index contributed by atoms with van der Waals surface area (Å²) >= 11 is 0. The summed E-state index contributed by atoms with van der Waals surface area (Å²) in [6.45, 7) is 6.14. The van der Waals surface area contributed by atoms with Gasteiger partial charge in [-0.1, -0.05) is 37.3 Å². The van der Waals surface area contributed by atoms with E-state index in [4.69, 9.17) is 4.98 Å². The average molecular weight is 268 g/mol. The summed E-state index contributed by atoms with van der Waals surface area (Å²) in [5.41, 5.74) is 3.37. The van der Waals surface area contributed by atoms with Crippen molar-refractivity contribution in [1.82, 2.24) is 15.3 Å². The Morgan fingerprint density at radius 2 is 1.90 bits per heavy atom. The highest BCUT2D eigenvalue weighted by atomic mass is 15.2. The number of rotatable bonds is 3. The van der Waals surface area contributed by atoms with Gasteiger partial charge < -0.3 is 10.2 Å². The van der Waals surface area contributed by atoms with E-state index in [2.05, 4.69) is 46.4 Å². The summed E-state index contributed by atoms with van der Waals surface area (Å²) in [6, 6.07) is 10.4. The Kier molecular flexibility index (Phi) is 3.92. The van der Waals surface area contributed by atoms with Crippen molar-refractivity contribution in [2.75, 3.05) is 31.1 Å². The lowest BCUT2D eigenvalue weighted by molar-refractivity contribution is 0.588. The standard InChI is InChI=1S/C16H20N4/c1-2-15-18-12-14(20-10-8-17-9-11-20)16(19-15)13-6-4-3-5-7-13/h3-7,12,17H,2,8-11H2,1H3. The fourth-order valence-corrected chi connectivity index (χ4v) is 2.53. The highest BCUT2D eigenvalue weighted by Gasteiger charge is 2.17. The molecule has 3 rings (SSSR count). The minimum Gasteiger partial charge on any atom is -0.366 e. The maximum atomic E-state index is 4.76. The average Bonchev–Trinajstić information content (AvgIpc) is 2.56. The number of anilines is 1. The van der Waals surface area contributed by atoms with Crippen molar-refractivity contribution in [2.45, 2.75) is 13.3 Å². The number of aromatic nitrogens is 2. The molecule has 0 saturated carbocycles. The number of piperazine rings is 1. The Bertz CT molecular complexity index is 562. The summed E-state index contributed by atoms with van der Waals surface area (Å²) in [4.78, 5) is 11.6. The van der Waals surface area contributed by atoms with Crippen molar-refractivity contribution in [3.05, 3.63) is 42.4 Å². The molecule has 4 nitrogen and oxygen atoms in total. The van der Waals surface area contributed by atoms with Crippen molar-refractivity contribution in [2.24, 2.45) is 0 Å². The van der Waals surface area contributed by atoms with Crippen molar-refractivity contribution >= 4 is 5.69 Å². The second-order valence-electron chi connectivity index (χ2n) is 4.98. The smallest absolute Gasteiger partial charge is 0.128 e. The molecule has 0 spiro atoms. The van der Waals surface area contributed by atoms with Crippen molar-refractivity contribution in [3.8, 4) is 11.3 Å². The van der Waals surface area contributed by atoms with Crippen molar-refractivity contribution < 1.29 is 0 Å². The third-order valence-corrected chi connectivity index (χ3v) is 3.64. The van der Waals surface area contributed by atoms with Gasteiger partial charge in [0.25, 0.3) is 0 Å². The number of aryl methyl sites for hydroxylation is 1. The number of nitrogens with one attached hydrogen (secondary N) is 1. The van der Waals surface area contributed by atoms with E-state index in [0.29, 0.717) is 0 Å². The molecule has 0 aliphatic carbocycles. The van der Waals surface area contributed by atoms with Gasteiger partial charge in [0.2, 0.25) is 0 Å². The van der Waals surface area contributed by atoms with Crippen LogP contribution in [0.3, 0.4) is 0 Å². The second-order valence-corrected chi connectivity index (χ2v) is 4.98. The van der Waals surface area contributed by atoms with Gasteiger partial charge in [-0.15, -0.1) is 0 Å². The molecular formula is C16H20N4. The van der Waals surface area contributed by atoms with Crippen LogP contribution in [0.4, 0.5) is 5.69 Å². The number of hydrogen-bond donors (Lipinski definition) is 1.